The third kappa shape index (κ3) is 4.76. The van der Waals surface area contributed by atoms with Crippen LogP contribution in [0.1, 0.15) is 25.8 Å². The van der Waals surface area contributed by atoms with Gasteiger partial charge in [0, 0.05) is 29.1 Å². The summed E-state index contributed by atoms with van der Waals surface area (Å²) >= 11 is 0. The number of carbonyl (C=O) groups excluding carboxylic acids is 2. The van der Waals surface area contributed by atoms with E-state index < -0.39 is 0 Å². The summed E-state index contributed by atoms with van der Waals surface area (Å²) in [7, 11) is 0. The van der Waals surface area contributed by atoms with E-state index >= 15 is 0 Å². The number of nitrogens with one attached hydrogen (secondary N) is 3. The Balaban J connectivity index is 1.77. The molecule has 5 nitrogen and oxygen atoms in total. The van der Waals surface area contributed by atoms with Crippen molar-refractivity contribution in [2.75, 3.05) is 6.54 Å². The maximum atomic E-state index is 13.8. The van der Waals surface area contributed by atoms with Crippen LogP contribution in [0.2, 0.25) is 0 Å². The summed E-state index contributed by atoms with van der Waals surface area (Å²) in [5.41, 5.74) is 3.58. The Morgan fingerprint density at radius 1 is 1.07 bits per heavy atom. The number of aromatic nitrogens is 1. The highest BCUT2D eigenvalue weighted by atomic mass is 19.1. The Hall–Kier alpha value is -3.15. The average Bonchev–Trinajstić information content (AvgIpc) is 3.02. The highest BCUT2D eigenvalue weighted by Gasteiger charge is 2.15. The molecule has 0 aliphatic rings. The highest BCUT2D eigenvalue weighted by Crippen LogP contribution is 2.31. The first-order chi connectivity index (χ1) is 13.4. The van der Waals surface area contributed by atoms with Gasteiger partial charge < -0.3 is 15.6 Å². The van der Waals surface area contributed by atoms with Gasteiger partial charge in [0.05, 0.1) is 6.54 Å². The van der Waals surface area contributed by atoms with Crippen LogP contribution in [0.4, 0.5) is 4.39 Å². The van der Waals surface area contributed by atoms with Crippen molar-refractivity contribution in [2.24, 2.45) is 0 Å². The summed E-state index contributed by atoms with van der Waals surface area (Å²) in [6, 6.07) is 14.4. The van der Waals surface area contributed by atoms with E-state index in [1.54, 1.807) is 6.07 Å². The first kappa shape index (κ1) is 19.6. The second-order valence-corrected chi connectivity index (χ2v) is 7.03. The molecule has 0 fully saturated rings. The molecule has 3 rings (SSSR count). The fourth-order valence-electron chi connectivity index (χ4n) is 3.21. The van der Waals surface area contributed by atoms with Gasteiger partial charge in [0.1, 0.15) is 5.82 Å². The maximum Gasteiger partial charge on any atom is 0.239 e. The lowest BCUT2D eigenvalue weighted by Crippen LogP contribution is -2.39. The van der Waals surface area contributed by atoms with Gasteiger partial charge in [-0.25, -0.2) is 4.39 Å². The van der Waals surface area contributed by atoms with Crippen LogP contribution in [0.3, 0.4) is 0 Å². The molecule has 0 bridgehead atoms. The predicted octanol–water partition coefficient (Wildman–Crippen LogP) is 3.55. The predicted molar refractivity (Wildman–Crippen MR) is 108 cm³/mol. The second kappa shape index (κ2) is 8.69. The molecule has 28 heavy (non-hydrogen) atoms. The van der Waals surface area contributed by atoms with Gasteiger partial charge in [-0.05, 0) is 49.6 Å². The van der Waals surface area contributed by atoms with Crippen molar-refractivity contribution in [2.45, 2.75) is 32.7 Å². The summed E-state index contributed by atoms with van der Waals surface area (Å²) in [5, 5.41) is 6.13. The number of carbonyl (C=O) groups is 2. The second-order valence-electron chi connectivity index (χ2n) is 7.03. The molecule has 146 valence electrons. The lowest BCUT2D eigenvalue weighted by molar-refractivity contribution is -0.126. The number of aryl methyl sites for hydroxylation is 1. The number of H-pyrrole nitrogens is 1. The Kier molecular flexibility index (Phi) is 6.09. The normalized spacial score (nSPS) is 11.0. The van der Waals surface area contributed by atoms with Gasteiger partial charge in [0.2, 0.25) is 11.8 Å². The van der Waals surface area contributed by atoms with E-state index in [4.69, 9.17) is 0 Å². The van der Waals surface area contributed by atoms with Crippen molar-refractivity contribution < 1.29 is 14.0 Å². The van der Waals surface area contributed by atoms with Crippen LogP contribution in [0.25, 0.3) is 22.2 Å². The molecule has 0 saturated heterocycles. The largest absolute Gasteiger partial charge is 0.354 e. The first-order valence-corrected chi connectivity index (χ1v) is 9.35. The molecule has 0 saturated carbocycles. The van der Waals surface area contributed by atoms with Crippen molar-refractivity contribution in [3.05, 3.63) is 59.9 Å². The van der Waals surface area contributed by atoms with Crippen LogP contribution >= 0.6 is 0 Å². The zero-order valence-corrected chi connectivity index (χ0v) is 16.0. The van der Waals surface area contributed by atoms with Crippen LogP contribution in [0.15, 0.2) is 48.5 Å². The SMILES string of the molecule is CC(C)NC(=O)CNC(=O)CCc1c(-c2ccccc2)[nH]c2ccc(F)cc12. The molecule has 0 unspecified atom stereocenters. The van der Waals surface area contributed by atoms with Crippen molar-refractivity contribution >= 4 is 22.7 Å². The number of hydrogen-bond acceptors (Lipinski definition) is 2. The quantitative estimate of drug-likeness (QED) is 0.586. The van der Waals surface area contributed by atoms with E-state index in [1.165, 1.54) is 12.1 Å². The highest BCUT2D eigenvalue weighted by molar-refractivity contribution is 5.92. The topological polar surface area (TPSA) is 74.0 Å². The van der Waals surface area contributed by atoms with Gasteiger partial charge in [0.15, 0.2) is 0 Å². The Morgan fingerprint density at radius 2 is 1.82 bits per heavy atom. The molecule has 1 heterocycles. The zero-order chi connectivity index (χ0) is 20.1. The first-order valence-electron chi connectivity index (χ1n) is 9.35. The third-order valence-electron chi connectivity index (χ3n) is 4.43. The van der Waals surface area contributed by atoms with Crippen LogP contribution in [0, 0.1) is 5.82 Å². The third-order valence-corrected chi connectivity index (χ3v) is 4.43. The standard InChI is InChI=1S/C22H24FN3O2/c1-14(2)25-21(28)13-24-20(27)11-9-17-18-12-16(23)8-10-19(18)26-22(17)15-6-4-3-5-7-15/h3-8,10,12,14,26H,9,11,13H2,1-2H3,(H,24,27)(H,25,28). The molecule has 3 N–H and O–H groups in total. The van der Waals surface area contributed by atoms with Crippen molar-refractivity contribution in [1.82, 2.24) is 15.6 Å². The minimum atomic E-state index is -0.317. The molecule has 0 radical (unpaired) electrons. The summed E-state index contributed by atoms with van der Waals surface area (Å²) in [6.07, 6.45) is 0.642. The summed E-state index contributed by atoms with van der Waals surface area (Å²) in [6.45, 7) is 3.67. The molecule has 2 aromatic carbocycles. The van der Waals surface area contributed by atoms with Gasteiger partial charge >= 0.3 is 0 Å². The Bertz CT molecular complexity index is 980. The van der Waals surface area contributed by atoms with Crippen molar-refractivity contribution in [3.63, 3.8) is 0 Å². The number of aromatic amines is 1. The fraction of sp³-hybridized carbons (Fsp3) is 0.273. The van der Waals surface area contributed by atoms with Gasteiger partial charge in [-0.3, -0.25) is 9.59 Å². The number of benzene rings is 2. The van der Waals surface area contributed by atoms with Crippen LogP contribution in [-0.2, 0) is 16.0 Å². The molecule has 1 aromatic heterocycles. The lowest BCUT2D eigenvalue weighted by atomic mass is 10.0. The van der Waals surface area contributed by atoms with E-state index in [9.17, 15) is 14.0 Å². The maximum absolute atomic E-state index is 13.8. The van der Waals surface area contributed by atoms with E-state index in [2.05, 4.69) is 15.6 Å². The van der Waals surface area contributed by atoms with E-state index in [-0.39, 0.29) is 36.6 Å². The summed E-state index contributed by atoms with van der Waals surface area (Å²) in [4.78, 5) is 27.2. The van der Waals surface area contributed by atoms with Gasteiger partial charge in [0.25, 0.3) is 0 Å². The Labute approximate surface area is 163 Å². The number of fused-ring (bicyclic) bond motifs is 1. The molecular formula is C22H24FN3O2. The number of hydrogen-bond donors (Lipinski definition) is 3. The molecular weight excluding hydrogens is 357 g/mol. The monoisotopic (exact) mass is 381 g/mol. The Morgan fingerprint density at radius 3 is 2.54 bits per heavy atom. The fourth-order valence-corrected chi connectivity index (χ4v) is 3.21. The van der Waals surface area contributed by atoms with Crippen molar-refractivity contribution in [1.29, 1.82) is 0 Å². The lowest BCUT2D eigenvalue weighted by Gasteiger charge is -2.10. The van der Waals surface area contributed by atoms with Crippen molar-refractivity contribution in [3.8, 4) is 11.3 Å². The van der Waals surface area contributed by atoms with Crippen LogP contribution < -0.4 is 10.6 Å². The van der Waals surface area contributed by atoms with E-state index in [0.717, 1.165) is 27.7 Å². The van der Waals surface area contributed by atoms with Gasteiger partial charge in [-0.15, -0.1) is 0 Å². The summed E-state index contributed by atoms with van der Waals surface area (Å²) < 4.78 is 13.8. The van der Waals surface area contributed by atoms with E-state index in [0.29, 0.717) is 6.42 Å². The molecule has 0 aliphatic carbocycles. The van der Waals surface area contributed by atoms with Crippen LogP contribution in [-0.4, -0.2) is 29.4 Å². The number of rotatable bonds is 7. The number of halogens is 1. The van der Waals surface area contributed by atoms with Gasteiger partial charge in [-0.2, -0.15) is 0 Å². The number of amides is 2. The van der Waals surface area contributed by atoms with Gasteiger partial charge in [-0.1, -0.05) is 30.3 Å². The zero-order valence-electron chi connectivity index (χ0n) is 16.0. The minimum Gasteiger partial charge on any atom is -0.354 e. The van der Waals surface area contributed by atoms with Crippen LogP contribution in [0.5, 0.6) is 0 Å². The smallest absolute Gasteiger partial charge is 0.239 e. The summed E-state index contributed by atoms with van der Waals surface area (Å²) in [5.74, 6) is -0.756. The molecule has 0 aliphatic heterocycles. The minimum absolute atomic E-state index is 0.0268. The average molecular weight is 381 g/mol. The van der Waals surface area contributed by atoms with E-state index in [1.807, 2.05) is 44.2 Å². The molecule has 2 amide bonds. The molecule has 6 heteroatoms. The molecule has 3 aromatic rings. The molecule has 0 spiro atoms. The molecule has 0 atom stereocenters.